The van der Waals surface area contributed by atoms with E-state index in [0.29, 0.717) is 19.6 Å². The summed E-state index contributed by atoms with van der Waals surface area (Å²) in [6, 6.07) is 0.813. The highest BCUT2D eigenvalue weighted by Gasteiger charge is 2.33. The van der Waals surface area contributed by atoms with Gasteiger partial charge >= 0.3 is 6.18 Å². The number of hydrogen-bond acceptors (Lipinski definition) is 4. The Hall–Kier alpha value is -1.50. The van der Waals surface area contributed by atoms with Gasteiger partial charge < -0.3 is 15.2 Å². The Kier molecular flexibility index (Phi) is 3.10. The lowest BCUT2D eigenvalue weighted by Gasteiger charge is -2.15. The van der Waals surface area contributed by atoms with Crippen molar-refractivity contribution in [1.82, 2.24) is 4.98 Å². The van der Waals surface area contributed by atoms with Crippen molar-refractivity contribution in [3.8, 4) is 5.75 Å². The predicted octanol–water partition coefficient (Wildman–Crippen LogP) is 1.85. The first kappa shape index (κ1) is 12.0. The van der Waals surface area contributed by atoms with Gasteiger partial charge in [-0.2, -0.15) is 13.2 Å². The number of pyridine rings is 1. The van der Waals surface area contributed by atoms with Crippen LogP contribution >= 0.6 is 0 Å². The number of aromatic nitrogens is 1. The monoisotopic (exact) mass is 248 g/mol. The van der Waals surface area contributed by atoms with Crippen LogP contribution in [-0.4, -0.2) is 24.3 Å². The first-order chi connectivity index (χ1) is 7.97. The number of hydrogen-bond donors (Lipinski definition) is 1. The number of anilines is 1. The summed E-state index contributed by atoms with van der Waals surface area (Å²) in [6.45, 7) is 0.908. The topological polar surface area (TPSA) is 57.4 Å². The fourth-order valence-electron chi connectivity index (χ4n) is 1.49. The van der Waals surface area contributed by atoms with E-state index in [4.69, 9.17) is 15.2 Å². The van der Waals surface area contributed by atoms with E-state index in [1.54, 1.807) is 0 Å². The van der Waals surface area contributed by atoms with Crippen LogP contribution in [0.15, 0.2) is 12.3 Å². The summed E-state index contributed by atoms with van der Waals surface area (Å²) in [5.74, 6) is 0.00262. The largest absolute Gasteiger partial charge is 0.486 e. The Morgan fingerprint density at radius 3 is 2.82 bits per heavy atom. The number of nitrogens with zero attached hydrogens (tertiary/aromatic N) is 1. The number of nitrogen functional groups attached to an aromatic ring is 1. The minimum absolute atomic E-state index is 0.00262. The van der Waals surface area contributed by atoms with Crippen molar-refractivity contribution in [1.29, 1.82) is 0 Å². The maximum Gasteiger partial charge on any atom is 0.433 e. The number of ether oxygens (including phenoxy) is 2. The van der Waals surface area contributed by atoms with Crippen LogP contribution < -0.4 is 10.5 Å². The normalized spacial score (nSPS) is 20.5. The minimum Gasteiger partial charge on any atom is -0.486 e. The molecule has 0 bridgehead atoms. The van der Waals surface area contributed by atoms with E-state index in [1.165, 1.54) is 0 Å². The minimum atomic E-state index is -4.50. The Bertz CT molecular complexity index is 403. The van der Waals surface area contributed by atoms with Crippen molar-refractivity contribution in [2.45, 2.75) is 18.7 Å². The van der Waals surface area contributed by atoms with Crippen LogP contribution in [0.2, 0.25) is 0 Å². The third-order valence-corrected chi connectivity index (χ3v) is 2.37. The molecule has 2 N–H and O–H groups in total. The summed E-state index contributed by atoms with van der Waals surface area (Å²) < 4.78 is 47.7. The third-order valence-electron chi connectivity index (χ3n) is 2.37. The van der Waals surface area contributed by atoms with Crippen LogP contribution in [-0.2, 0) is 10.9 Å². The van der Waals surface area contributed by atoms with E-state index in [1.807, 2.05) is 0 Å². The van der Waals surface area contributed by atoms with Crippen molar-refractivity contribution < 1.29 is 22.6 Å². The number of rotatable bonds is 2. The molecule has 2 rings (SSSR count). The quantitative estimate of drug-likeness (QED) is 0.867. The molecule has 0 radical (unpaired) electrons. The SMILES string of the molecule is Nc1cnc(C(F)(F)F)cc1OC1CCOC1. The molecule has 1 atom stereocenters. The molecule has 17 heavy (non-hydrogen) atoms. The standard InChI is InChI=1S/C10H11F3N2O2/c11-10(12,13)9-3-8(7(14)4-15-9)17-6-1-2-16-5-6/h3-4,6H,1-2,5,14H2. The van der Waals surface area contributed by atoms with Crippen molar-refractivity contribution in [3.05, 3.63) is 18.0 Å². The summed E-state index contributed by atoms with van der Waals surface area (Å²) in [5.41, 5.74) is 4.59. The number of halogens is 3. The molecule has 1 aromatic heterocycles. The molecule has 0 amide bonds. The first-order valence-electron chi connectivity index (χ1n) is 5.04. The molecule has 1 unspecified atom stereocenters. The molecule has 0 aliphatic carbocycles. The van der Waals surface area contributed by atoms with Crippen LogP contribution in [0.1, 0.15) is 12.1 Å². The second-order valence-corrected chi connectivity index (χ2v) is 3.71. The smallest absolute Gasteiger partial charge is 0.433 e. The average Bonchev–Trinajstić information content (AvgIpc) is 2.72. The molecule has 2 heterocycles. The highest BCUT2D eigenvalue weighted by atomic mass is 19.4. The van der Waals surface area contributed by atoms with Gasteiger partial charge in [-0.3, -0.25) is 0 Å². The van der Waals surface area contributed by atoms with E-state index in [0.717, 1.165) is 12.3 Å². The fraction of sp³-hybridized carbons (Fsp3) is 0.500. The van der Waals surface area contributed by atoms with Crippen molar-refractivity contribution in [2.24, 2.45) is 0 Å². The fourth-order valence-corrected chi connectivity index (χ4v) is 1.49. The zero-order valence-corrected chi connectivity index (χ0v) is 8.83. The summed E-state index contributed by atoms with van der Waals surface area (Å²) in [5, 5.41) is 0. The van der Waals surface area contributed by atoms with Crippen LogP contribution in [0.3, 0.4) is 0 Å². The van der Waals surface area contributed by atoms with Gasteiger partial charge in [0.25, 0.3) is 0 Å². The van der Waals surface area contributed by atoms with Gasteiger partial charge in [0.1, 0.15) is 17.5 Å². The molecule has 1 aromatic rings. The molecule has 0 aromatic carbocycles. The predicted molar refractivity (Wildman–Crippen MR) is 53.5 cm³/mol. The molecular formula is C10H11F3N2O2. The maximum atomic E-state index is 12.4. The van der Waals surface area contributed by atoms with E-state index < -0.39 is 11.9 Å². The second kappa shape index (κ2) is 4.40. The van der Waals surface area contributed by atoms with Gasteiger partial charge in [-0.1, -0.05) is 0 Å². The molecule has 0 spiro atoms. The average molecular weight is 248 g/mol. The maximum absolute atomic E-state index is 12.4. The van der Waals surface area contributed by atoms with Crippen molar-refractivity contribution in [3.63, 3.8) is 0 Å². The molecule has 4 nitrogen and oxygen atoms in total. The van der Waals surface area contributed by atoms with E-state index in [-0.39, 0.29) is 17.5 Å². The molecule has 1 aliphatic rings. The highest BCUT2D eigenvalue weighted by Crippen LogP contribution is 2.32. The Labute approximate surface area is 95.5 Å². The molecule has 0 saturated carbocycles. The highest BCUT2D eigenvalue weighted by molar-refractivity contribution is 5.51. The molecule has 7 heteroatoms. The number of alkyl halides is 3. The zero-order chi connectivity index (χ0) is 12.5. The Morgan fingerprint density at radius 2 is 2.24 bits per heavy atom. The van der Waals surface area contributed by atoms with Crippen molar-refractivity contribution >= 4 is 5.69 Å². The summed E-state index contributed by atoms with van der Waals surface area (Å²) in [7, 11) is 0. The molecule has 1 fully saturated rings. The van der Waals surface area contributed by atoms with Gasteiger partial charge in [-0.25, -0.2) is 4.98 Å². The second-order valence-electron chi connectivity index (χ2n) is 3.71. The zero-order valence-electron chi connectivity index (χ0n) is 8.83. The summed E-state index contributed by atoms with van der Waals surface area (Å²) in [6.07, 6.45) is -3.16. The molecule has 94 valence electrons. The lowest BCUT2D eigenvalue weighted by molar-refractivity contribution is -0.141. The third kappa shape index (κ3) is 2.79. The van der Waals surface area contributed by atoms with Crippen molar-refractivity contribution in [2.75, 3.05) is 18.9 Å². The summed E-state index contributed by atoms with van der Waals surface area (Å²) >= 11 is 0. The van der Waals surface area contributed by atoms with Gasteiger partial charge in [0.2, 0.25) is 0 Å². The van der Waals surface area contributed by atoms with Gasteiger partial charge in [-0.15, -0.1) is 0 Å². The van der Waals surface area contributed by atoms with E-state index in [9.17, 15) is 13.2 Å². The van der Waals surface area contributed by atoms with E-state index in [2.05, 4.69) is 4.98 Å². The molecule has 1 saturated heterocycles. The van der Waals surface area contributed by atoms with Crippen LogP contribution in [0, 0.1) is 0 Å². The van der Waals surface area contributed by atoms with Crippen LogP contribution in [0.25, 0.3) is 0 Å². The van der Waals surface area contributed by atoms with Gasteiger partial charge in [0.05, 0.1) is 25.1 Å². The molecule has 1 aliphatic heterocycles. The number of nitrogens with two attached hydrogens (primary N) is 1. The first-order valence-corrected chi connectivity index (χ1v) is 5.04. The lowest BCUT2D eigenvalue weighted by atomic mass is 10.3. The van der Waals surface area contributed by atoms with E-state index >= 15 is 0 Å². The van der Waals surface area contributed by atoms with Crippen LogP contribution in [0.4, 0.5) is 18.9 Å². The molecular weight excluding hydrogens is 237 g/mol. The Balaban J connectivity index is 2.20. The van der Waals surface area contributed by atoms with Gasteiger partial charge in [0.15, 0.2) is 0 Å². The van der Waals surface area contributed by atoms with Gasteiger partial charge in [0, 0.05) is 12.5 Å². The van der Waals surface area contributed by atoms with Crippen LogP contribution in [0.5, 0.6) is 5.75 Å². The lowest BCUT2D eigenvalue weighted by Crippen LogP contribution is -2.17. The van der Waals surface area contributed by atoms with Gasteiger partial charge in [-0.05, 0) is 0 Å². The summed E-state index contributed by atoms with van der Waals surface area (Å²) in [4.78, 5) is 3.22. The Morgan fingerprint density at radius 1 is 1.47 bits per heavy atom.